The molecule has 138 valence electrons. The standard InChI is InChI=1S/C20H22ClNO4/c1-15(26-19-10-6-5-9-18(19)21)20(23)22-11-12-24-17(13-22)14-25-16-7-3-2-4-8-16/h2-10,15,17H,11-14H2,1H3/t15-,17+/m0/s1. The Hall–Kier alpha value is -2.24. The van der Waals surface area contributed by atoms with Crippen LogP contribution in [0.4, 0.5) is 0 Å². The molecule has 0 N–H and O–H groups in total. The highest BCUT2D eigenvalue weighted by Gasteiger charge is 2.29. The van der Waals surface area contributed by atoms with Crippen molar-refractivity contribution in [2.45, 2.75) is 19.1 Å². The molecule has 0 aliphatic carbocycles. The summed E-state index contributed by atoms with van der Waals surface area (Å²) in [5.74, 6) is 1.21. The maximum atomic E-state index is 12.7. The quantitative estimate of drug-likeness (QED) is 0.776. The summed E-state index contributed by atoms with van der Waals surface area (Å²) in [7, 11) is 0. The molecule has 1 aliphatic heterocycles. The molecule has 1 heterocycles. The lowest BCUT2D eigenvalue weighted by Gasteiger charge is -2.34. The van der Waals surface area contributed by atoms with Gasteiger partial charge in [-0.3, -0.25) is 4.79 Å². The number of amides is 1. The lowest BCUT2D eigenvalue weighted by molar-refractivity contribution is -0.146. The largest absolute Gasteiger partial charge is 0.491 e. The van der Waals surface area contributed by atoms with Gasteiger partial charge in [-0.25, -0.2) is 0 Å². The molecule has 2 aromatic carbocycles. The Balaban J connectivity index is 1.53. The van der Waals surface area contributed by atoms with E-state index in [9.17, 15) is 4.79 Å². The molecule has 0 radical (unpaired) electrons. The zero-order valence-electron chi connectivity index (χ0n) is 14.6. The molecule has 1 aliphatic rings. The molecule has 2 aromatic rings. The van der Waals surface area contributed by atoms with Crippen LogP contribution in [0.5, 0.6) is 11.5 Å². The maximum Gasteiger partial charge on any atom is 0.263 e. The smallest absolute Gasteiger partial charge is 0.263 e. The van der Waals surface area contributed by atoms with Crippen molar-refractivity contribution < 1.29 is 19.0 Å². The second-order valence-corrected chi connectivity index (χ2v) is 6.50. The van der Waals surface area contributed by atoms with Crippen LogP contribution in [0.15, 0.2) is 54.6 Å². The van der Waals surface area contributed by atoms with Crippen molar-refractivity contribution in [3.8, 4) is 11.5 Å². The summed E-state index contributed by atoms with van der Waals surface area (Å²) >= 11 is 6.09. The number of morpholine rings is 1. The first-order valence-corrected chi connectivity index (χ1v) is 9.00. The van der Waals surface area contributed by atoms with Crippen molar-refractivity contribution in [3.63, 3.8) is 0 Å². The van der Waals surface area contributed by atoms with Crippen LogP contribution in [0.3, 0.4) is 0 Å². The van der Waals surface area contributed by atoms with E-state index < -0.39 is 6.10 Å². The first-order chi connectivity index (χ1) is 12.6. The van der Waals surface area contributed by atoms with Gasteiger partial charge in [0.25, 0.3) is 5.91 Å². The topological polar surface area (TPSA) is 48.0 Å². The number of benzene rings is 2. The minimum Gasteiger partial charge on any atom is -0.491 e. The van der Waals surface area contributed by atoms with Gasteiger partial charge in [0.15, 0.2) is 6.10 Å². The Kier molecular flexibility index (Phi) is 6.36. The zero-order valence-corrected chi connectivity index (χ0v) is 15.4. The van der Waals surface area contributed by atoms with Crippen molar-refractivity contribution in [2.75, 3.05) is 26.3 Å². The monoisotopic (exact) mass is 375 g/mol. The molecule has 1 amide bonds. The van der Waals surface area contributed by atoms with Crippen LogP contribution in [0.2, 0.25) is 5.02 Å². The first-order valence-electron chi connectivity index (χ1n) is 8.63. The highest BCUT2D eigenvalue weighted by atomic mass is 35.5. The van der Waals surface area contributed by atoms with Crippen LogP contribution >= 0.6 is 11.6 Å². The van der Waals surface area contributed by atoms with Crippen LogP contribution in [0, 0.1) is 0 Å². The van der Waals surface area contributed by atoms with Gasteiger partial charge < -0.3 is 19.1 Å². The molecule has 5 nitrogen and oxygen atoms in total. The van der Waals surface area contributed by atoms with Crippen molar-refractivity contribution in [3.05, 3.63) is 59.6 Å². The summed E-state index contributed by atoms with van der Waals surface area (Å²) in [6, 6.07) is 16.7. The second kappa shape index (κ2) is 8.92. The number of para-hydroxylation sites is 2. The van der Waals surface area contributed by atoms with Gasteiger partial charge in [0.1, 0.15) is 24.2 Å². The molecule has 0 aromatic heterocycles. The molecule has 3 rings (SSSR count). The van der Waals surface area contributed by atoms with Crippen LogP contribution < -0.4 is 9.47 Å². The summed E-state index contributed by atoms with van der Waals surface area (Å²) in [5, 5.41) is 0.489. The summed E-state index contributed by atoms with van der Waals surface area (Å²) in [6.07, 6.45) is -0.788. The Morgan fingerprint density at radius 1 is 1.23 bits per heavy atom. The fraction of sp³-hybridized carbons (Fsp3) is 0.350. The SMILES string of the molecule is C[C@H](Oc1ccccc1Cl)C(=O)N1CCO[C@@H](COc2ccccc2)C1. The van der Waals surface area contributed by atoms with Gasteiger partial charge in [-0.2, -0.15) is 0 Å². The fourth-order valence-electron chi connectivity index (χ4n) is 2.76. The molecule has 2 atom stereocenters. The van der Waals surface area contributed by atoms with Crippen LogP contribution in [-0.4, -0.2) is 49.3 Å². The molecule has 1 fully saturated rings. The molecule has 26 heavy (non-hydrogen) atoms. The molecule has 0 unspecified atom stereocenters. The Morgan fingerprint density at radius 3 is 2.73 bits per heavy atom. The number of ether oxygens (including phenoxy) is 3. The van der Waals surface area contributed by atoms with Crippen molar-refractivity contribution in [1.82, 2.24) is 4.90 Å². The maximum absolute atomic E-state index is 12.7. The van der Waals surface area contributed by atoms with Crippen molar-refractivity contribution >= 4 is 17.5 Å². The predicted molar refractivity (Wildman–Crippen MR) is 99.8 cm³/mol. The number of halogens is 1. The van der Waals surface area contributed by atoms with Crippen molar-refractivity contribution in [1.29, 1.82) is 0 Å². The van der Waals surface area contributed by atoms with Gasteiger partial charge in [-0.05, 0) is 31.2 Å². The third-order valence-electron chi connectivity index (χ3n) is 4.12. The average Bonchev–Trinajstić information content (AvgIpc) is 2.68. The number of carbonyl (C=O) groups excluding carboxylic acids is 1. The van der Waals surface area contributed by atoms with Gasteiger partial charge in [-0.15, -0.1) is 0 Å². The summed E-state index contributed by atoms with van der Waals surface area (Å²) in [6.45, 7) is 3.62. The normalized spacial score (nSPS) is 18.2. The molecule has 1 saturated heterocycles. The highest BCUT2D eigenvalue weighted by Crippen LogP contribution is 2.24. The lowest BCUT2D eigenvalue weighted by atomic mass is 10.2. The van der Waals surface area contributed by atoms with E-state index in [-0.39, 0.29) is 12.0 Å². The van der Waals surface area contributed by atoms with E-state index in [0.717, 1.165) is 5.75 Å². The average molecular weight is 376 g/mol. The molecule has 0 saturated carbocycles. The second-order valence-electron chi connectivity index (χ2n) is 6.09. The third kappa shape index (κ3) is 4.90. The molecule has 0 spiro atoms. The molecule has 0 bridgehead atoms. The van der Waals surface area contributed by atoms with E-state index in [0.29, 0.717) is 37.1 Å². The summed E-state index contributed by atoms with van der Waals surface area (Å²) in [5.41, 5.74) is 0. The molecular formula is C20H22ClNO4. The van der Waals surface area contributed by atoms with Crippen LogP contribution in [-0.2, 0) is 9.53 Å². The van der Waals surface area contributed by atoms with Gasteiger partial charge >= 0.3 is 0 Å². The van der Waals surface area contributed by atoms with E-state index in [1.54, 1.807) is 24.0 Å². The number of carbonyl (C=O) groups is 1. The Morgan fingerprint density at radius 2 is 1.96 bits per heavy atom. The Bertz CT molecular complexity index is 725. The minimum absolute atomic E-state index is 0.0852. The van der Waals surface area contributed by atoms with Crippen LogP contribution in [0.25, 0.3) is 0 Å². The van der Waals surface area contributed by atoms with Gasteiger partial charge in [-0.1, -0.05) is 41.9 Å². The lowest BCUT2D eigenvalue weighted by Crippen LogP contribution is -2.51. The molecular weight excluding hydrogens is 354 g/mol. The summed E-state index contributed by atoms with van der Waals surface area (Å²) < 4.78 is 17.2. The first kappa shape index (κ1) is 18.5. The minimum atomic E-state index is -0.622. The summed E-state index contributed by atoms with van der Waals surface area (Å²) in [4.78, 5) is 14.4. The fourth-order valence-corrected chi connectivity index (χ4v) is 2.94. The highest BCUT2D eigenvalue weighted by molar-refractivity contribution is 6.32. The van der Waals surface area contributed by atoms with E-state index in [1.807, 2.05) is 42.5 Å². The third-order valence-corrected chi connectivity index (χ3v) is 4.43. The molecule has 6 heteroatoms. The van der Waals surface area contributed by atoms with Crippen molar-refractivity contribution in [2.24, 2.45) is 0 Å². The zero-order chi connectivity index (χ0) is 18.4. The van der Waals surface area contributed by atoms with Gasteiger partial charge in [0.05, 0.1) is 18.2 Å². The van der Waals surface area contributed by atoms with Gasteiger partial charge in [0.2, 0.25) is 0 Å². The number of nitrogens with zero attached hydrogens (tertiary/aromatic N) is 1. The number of hydrogen-bond donors (Lipinski definition) is 0. The van der Waals surface area contributed by atoms with Crippen LogP contribution in [0.1, 0.15) is 6.92 Å². The van der Waals surface area contributed by atoms with Gasteiger partial charge in [0, 0.05) is 6.54 Å². The van der Waals surface area contributed by atoms with E-state index >= 15 is 0 Å². The number of rotatable bonds is 6. The van der Waals surface area contributed by atoms with E-state index in [4.69, 9.17) is 25.8 Å². The predicted octanol–water partition coefficient (Wildman–Crippen LogP) is 3.41. The number of hydrogen-bond acceptors (Lipinski definition) is 4. The van der Waals surface area contributed by atoms with E-state index in [2.05, 4.69) is 0 Å². The van der Waals surface area contributed by atoms with E-state index in [1.165, 1.54) is 0 Å². The Labute approximate surface area is 158 Å².